The summed E-state index contributed by atoms with van der Waals surface area (Å²) in [7, 11) is 0. The van der Waals surface area contributed by atoms with E-state index in [1.165, 1.54) is 30.8 Å². The highest BCUT2D eigenvalue weighted by atomic mass is 15.2. The van der Waals surface area contributed by atoms with Crippen molar-refractivity contribution >= 4 is 5.69 Å². The summed E-state index contributed by atoms with van der Waals surface area (Å²) in [6.07, 6.45) is 1.25. The molecule has 0 bridgehead atoms. The van der Waals surface area contributed by atoms with E-state index in [9.17, 15) is 0 Å². The van der Waals surface area contributed by atoms with Gasteiger partial charge in [0.25, 0.3) is 0 Å². The third-order valence-electron chi connectivity index (χ3n) is 3.89. The van der Waals surface area contributed by atoms with Crippen molar-refractivity contribution in [3.05, 3.63) is 29.8 Å². The molecule has 18 heavy (non-hydrogen) atoms. The fraction of sp³-hybridized carbons (Fsp3) is 0.625. The van der Waals surface area contributed by atoms with Gasteiger partial charge in [-0.3, -0.25) is 4.90 Å². The normalized spacial score (nSPS) is 20.9. The molecule has 2 heteroatoms. The van der Waals surface area contributed by atoms with E-state index in [0.717, 1.165) is 0 Å². The van der Waals surface area contributed by atoms with Gasteiger partial charge in [0.1, 0.15) is 0 Å². The average Bonchev–Trinajstić information content (AvgIpc) is 2.78. The van der Waals surface area contributed by atoms with E-state index < -0.39 is 0 Å². The lowest BCUT2D eigenvalue weighted by atomic mass is 10.0. The maximum Gasteiger partial charge on any atom is 0.0400 e. The zero-order valence-corrected chi connectivity index (χ0v) is 12.1. The zero-order valence-electron chi connectivity index (χ0n) is 12.1. The van der Waals surface area contributed by atoms with Gasteiger partial charge in [-0.2, -0.15) is 0 Å². The Bertz CT molecular complexity index is 384. The van der Waals surface area contributed by atoms with E-state index >= 15 is 0 Å². The molecule has 2 rings (SSSR count). The monoisotopic (exact) mass is 246 g/mol. The molecule has 1 atom stereocenters. The van der Waals surface area contributed by atoms with Gasteiger partial charge in [-0.15, -0.1) is 0 Å². The molecule has 0 saturated carbocycles. The van der Waals surface area contributed by atoms with Gasteiger partial charge in [0.05, 0.1) is 0 Å². The Kier molecular flexibility index (Phi) is 4.28. The quantitative estimate of drug-likeness (QED) is 0.871. The summed E-state index contributed by atoms with van der Waals surface area (Å²) in [6.45, 7) is 11.5. The molecule has 1 fully saturated rings. The van der Waals surface area contributed by atoms with E-state index in [1.807, 2.05) is 0 Å². The van der Waals surface area contributed by atoms with Crippen LogP contribution in [-0.2, 0) is 0 Å². The summed E-state index contributed by atoms with van der Waals surface area (Å²) in [5.74, 6) is 0.580. The minimum atomic E-state index is 0.580. The van der Waals surface area contributed by atoms with Crippen molar-refractivity contribution < 1.29 is 0 Å². The Morgan fingerprint density at radius 3 is 2.50 bits per heavy atom. The van der Waals surface area contributed by atoms with Crippen LogP contribution < -0.4 is 5.32 Å². The predicted molar refractivity (Wildman–Crippen MR) is 79.3 cm³/mol. The summed E-state index contributed by atoms with van der Waals surface area (Å²) in [5.41, 5.74) is 2.75. The van der Waals surface area contributed by atoms with Gasteiger partial charge in [-0.05, 0) is 37.8 Å². The number of para-hydroxylation sites is 1. The first kappa shape index (κ1) is 13.4. The number of benzene rings is 1. The third-order valence-corrected chi connectivity index (χ3v) is 3.89. The Morgan fingerprint density at radius 2 is 1.89 bits per heavy atom. The van der Waals surface area contributed by atoms with Crippen LogP contribution in [0.4, 0.5) is 5.69 Å². The first-order valence-corrected chi connectivity index (χ1v) is 7.17. The van der Waals surface area contributed by atoms with Gasteiger partial charge in [0, 0.05) is 30.9 Å². The molecular weight excluding hydrogens is 220 g/mol. The molecule has 1 saturated heterocycles. The summed E-state index contributed by atoms with van der Waals surface area (Å²) < 4.78 is 0. The minimum Gasteiger partial charge on any atom is -0.381 e. The Morgan fingerprint density at radius 1 is 1.17 bits per heavy atom. The highest BCUT2D eigenvalue weighted by Gasteiger charge is 2.24. The van der Waals surface area contributed by atoms with Crippen LogP contribution in [-0.4, -0.2) is 30.1 Å². The molecule has 1 heterocycles. The van der Waals surface area contributed by atoms with Crippen molar-refractivity contribution in [1.29, 1.82) is 0 Å². The molecule has 1 aliphatic rings. The Hall–Kier alpha value is -1.02. The van der Waals surface area contributed by atoms with Gasteiger partial charge in [-0.1, -0.05) is 32.0 Å². The number of nitrogens with one attached hydrogen (secondary N) is 1. The van der Waals surface area contributed by atoms with Crippen LogP contribution in [0.3, 0.4) is 0 Å². The number of rotatable bonds is 4. The second kappa shape index (κ2) is 5.75. The number of likely N-dealkylation sites (tertiary alicyclic amines) is 1. The molecule has 0 amide bonds. The molecule has 1 unspecified atom stereocenters. The van der Waals surface area contributed by atoms with Crippen molar-refractivity contribution in [2.24, 2.45) is 0 Å². The molecule has 0 aliphatic carbocycles. The largest absolute Gasteiger partial charge is 0.381 e. The topological polar surface area (TPSA) is 15.3 Å². The van der Waals surface area contributed by atoms with Gasteiger partial charge >= 0.3 is 0 Å². The summed E-state index contributed by atoms with van der Waals surface area (Å²) >= 11 is 0. The summed E-state index contributed by atoms with van der Waals surface area (Å²) in [5, 5.41) is 3.73. The van der Waals surface area contributed by atoms with Gasteiger partial charge in [-0.25, -0.2) is 0 Å². The lowest BCUT2D eigenvalue weighted by molar-refractivity contribution is 0.274. The summed E-state index contributed by atoms with van der Waals surface area (Å²) in [4.78, 5) is 2.55. The van der Waals surface area contributed by atoms with E-state index in [1.54, 1.807) is 0 Å². The molecule has 0 spiro atoms. The van der Waals surface area contributed by atoms with E-state index in [2.05, 4.69) is 62.2 Å². The SMILES string of the molecule is CC(C)c1ccccc1NC1CCN(C(C)C)C1. The Balaban J connectivity index is 2.02. The maximum absolute atomic E-state index is 3.73. The van der Waals surface area contributed by atoms with Crippen molar-refractivity contribution in [2.45, 2.75) is 52.1 Å². The third kappa shape index (κ3) is 3.05. The standard InChI is InChI=1S/C16H26N2/c1-12(2)15-7-5-6-8-16(15)17-14-9-10-18(11-14)13(3)4/h5-8,12-14,17H,9-11H2,1-4H3. The predicted octanol–water partition coefficient (Wildman–Crippen LogP) is 3.70. The smallest absolute Gasteiger partial charge is 0.0400 e. The van der Waals surface area contributed by atoms with Crippen molar-refractivity contribution in [1.82, 2.24) is 4.90 Å². The lowest BCUT2D eigenvalue weighted by Gasteiger charge is -2.22. The van der Waals surface area contributed by atoms with Crippen molar-refractivity contribution in [3.63, 3.8) is 0 Å². The molecule has 2 nitrogen and oxygen atoms in total. The molecule has 1 aliphatic heterocycles. The Labute approximate surface area is 111 Å². The molecule has 100 valence electrons. The number of nitrogens with zero attached hydrogens (tertiary/aromatic N) is 1. The average molecular weight is 246 g/mol. The maximum atomic E-state index is 3.73. The van der Waals surface area contributed by atoms with Crippen LogP contribution in [0.25, 0.3) is 0 Å². The van der Waals surface area contributed by atoms with E-state index in [4.69, 9.17) is 0 Å². The number of hydrogen-bond donors (Lipinski definition) is 1. The first-order chi connectivity index (χ1) is 8.58. The van der Waals surface area contributed by atoms with Crippen LogP contribution >= 0.6 is 0 Å². The molecule has 1 N–H and O–H groups in total. The second-order valence-electron chi connectivity index (χ2n) is 5.96. The lowest BCUT2D eigenvalue weighted by Crippen LogP contribution is -2.31. The summed E-state index contributed by atoms with van der Waals surface area (Å²) in [6, 6.07) is 9.98. The zero-order chi connectivity index (χ0) is 13.1. The second-order valence-corrected chi connectivity index (χ2v) is 5.96. The fourth-order valence-corrected chi connectivity index (χ4v) is 2.73. The van der Waals surface area contributed by atoms with Gasteiger partial charge in [0.2, 0.25) is 0 Å². The van der Waals surface area contributed by atoms with Crippen LogP contribution in [0.2, 0.25) is 0 Å². The number of anilines is 1. The van der Waals surface area contributed by atoms with E-state index in [0.29, 0.717) is 18.0 Å². The van der Waals surface area contributed by atoms with Gasteiger partial charge in [0.15, 0.2) is 0 Å². The minimum absolute atomic E-state index is 0.580. The van der Waals surface area contributed by atoms with Crippen molar-refractivity contribution in [2.75, 3.05) is 18.4 Å². The highest BCUT2D eigenvalue weighted by molar-refractivity contribution is 5.53. The van der Waals surface area contributed by atoms with Crippen LogP contribution in [0.1, 0.15) is 45.6 Å². The molecular formula is C16H26N2. The highest BCUT2D eigenvalue weighted by Crippen LogP contribution is 2.26. The van der Waals surface area contributed by atoms with Crippen molar-refractivity contribution in [3.8, 4) is 0 Å². The van der Waals surface area contributed by atoms with E-state index in [-0.39, 0.29) is 0 Å². The molecule has 0 aromatic heterocycles. The van der Waals surface area contributed by atoms with Crippen LogP contribution in [0, 0.1) is 0 Å². The molecule has 1 aromatic rings. The van der Waals surface area contributed by atoms with Gasteiger partial charge < -0.3 is 5.32 Å². The number of hydrogen-bond acceptors (Lipinski definition) is 2. The fourth-order valence-electron chi connectivity index (χ4n) is 2.73. The molecule has 1 aromatic carbocycles. The van der Waals surface area contributed by atoms with Crippen LogP contribution in [0.5, 0.6) is 0 Å². The first-order valence-electron chi connectivity index (χ1n) is 7.17. The van der Waals surface area contributed by atoms with Crippen LogP contribution in [0.15, 0.2) is 24.3 Å². The molecule has 0 radical (unpaired) electrons.